The van der Waals surface area contributed by atoms with Crippen molar-refractivity contribution in [3.05, 3.63) is 35.7 Å². The topological polar surface area (TPSA) is 12.5 Å². The van der Waals surface area contributed by atoms with E-state index in [-0.39, 0.29) is 5.82 Å². The van der Waals surface area contributed by atoms with E-state index in [0.717, 1.165) is 25.1 Å². The van der Waals surface area contributed by atoms with Gasteiger partial charge < -0.3 is 9.64 Å². The Kier molecular flexibility index (Phi) is 3.25. The molecule has 86 valence electrons. The second-order valence-corrected chi connectivity index (χ2v) is 4.11. The Labute approximate surface area is 95.3 Å². The quantitative estimate of drug-likeness (QED) is 0.761. The van der Waals surface area contributed by atoms with Crippen LogP contribution in [0.5, 0.6) is 5.75 Å². The van der Waals surface area contributed by atoms with Crippen molar-refractivity contribution in [2.75, 3.05) is 27.2 Å². The van der Waals surface area contributed by atoms with Gasteiger partial charge in [0.2, 0.25) is 0 Å². The lowest BCUT2D eigenvalue weighted by Crippen LogP contribution is -2.24. The van der Waals surface area contributed by atoms with Gasteiger partial charge in [-0.25, -0.2) is 4.39 Å². The molecule has 0 unspecified atom stereocenters. The van der Waals surface area contributed by atoms with E-state index < -0.39 is 0 Å². The predicted molar refractivity (Wildman–Crippen MR) is 63.0 cm³/mol. The monoisotopic (exact) mass is 221 g/mol. The zero-order valence-corrected chi connectivity index (χ0v) is 9.66. The Balaban J connectivity index is 2.27. The third-order valence-corrected chi connectivity index (χ3v) is 2.86. The van der Waals surface area contributed by atoms with Gasteiger partial charge in [-0.3, -0.25) is 0 Å². The zero-order valence-electron chi connectivity index (χ0n) is 9.66. The fourth-order valence-corrected chi connectivity index (χ4v) is 1.97. The molecule has 0 aromatic heterocycles. The van der Waals surface area contributed by atoms with Gasteiger partial charge in [0.25, 0.3) is 0 Å². The summed E-state index contributed by atoms with van der Waals surface area (Å²) in [6.45, 7) is 1.95. The molecule has 0 aliphatic carbocycles. The molecule has 0 saturated carbocycles. The van der Waals surface area contributed by atoms with Crippen molar-refractivity contribution in [2.45, 2.75) is 6.42 Å². The summed E-state index contributed by atoms with van der Waals surface area (Å²) in [7, 11) is 3.55. The maximum Gasteiger partial charge on any atom is 0.165 e. The molecule has 2 nitrogen and oxygen atoms in total. The van der Waals surface area contributed by atoms with E-state index in [1.54, 1.807) is 12.1 Å². The number of hydrogen-bond acceptors (Lipinski definition) is 2. The van der Waals surface area contributed by atoms with Gasteiger partial charge in [-0.15, -0.1) is 0 Å². The van der Waals surface area contributed by atoms with Crippen LogP contribution in [0.15, 0.2) is 24.3 Å². The summed E-state index contributed by atoms with van der Waals surface area (Å²) >= 11 is 0. The number of benzene rings is 1. The molecule has 0 N–H and O–H groups in total. The van der Waals surface area contributed by atoms with E-state index in [4.69, 9.17) is 4.74 Å². The van der Waals surface area contributed by atoms with Crippen LogP contribution in [0.1, 0.15) is 12.0 Å². The van der Waals surface area contributed by atoms with Crippen molar-refractivity contribution in [3.63, 3.8) is 0 Å². The SMILES string of the molecule is COc1ccc(C2=CCCN(C)C2)cc1F. The molecule has 0 spiro atoms. The van der Waals surface area contributed by atoms with Gasteiger partial charge in [-0.1, -0.05) is 12.1 Å². The number of rotatable bonds is 2. The van der Waals surface area contributed by atoms with Gasteiger partial charge in [0, 0.05) is 13.1 Å². The van der Waals surface area contributed by atoms with E-state index in [9.17, 15) is 4.39 Å². The molecular formula is C13H16FNO. The average molecular weight is 221 g/mol. The standard InChI is InChI=1S/C13H16FNO/c1-15-7-3-4-11(9-15)10-5-6-13(16-2)12(14)8-10/h4-6,8H,3,7,9H2,1-2H3. The fourth-order valence-electron chi connectivity index (χ4n) is 1.97. The third-order valence-electron chi connectivity index (χ3n) is 2.86. The van der Waals surface area contributed by atoms with Crippen LogP contribution in [0.2, 0.25) is 0 Å². The maximum absolute atomic E-state index is 13.5. The van der Waals surface area contributed by atoms with Crippen LogP contribution >= 0.6 is 0 Å². The van der Waals surface area contributed by atoms with E-state index in [1.807, 2.05) is 6.07 Å². The normalized spacial score (nSPS) is 17.1. The largest absolute Gasteiger partial charge is 0.494 e. The van der Waals surface area contributed by atoms with Crippen molar-refractivity contribution < 1.29 is 9.13 Å². The molecule has 1 aliphatic heterocycles. The van der Waals surface area contributed by atoms with Crippen molar-refractivity contribution in [1.82, 2.24) is 4.90 Å². The number of ether oxygens (including phenoxy) is 1. The molecule has 1 aromatic carbocycles. The minimum atomic E-state index is -0.297. The first-order chi connectivity index (χ1) is 7.70. The predicted octanol–water partition coefficient (Wildman–Crippen LogP) is 2.55. The van der Waals surface area contributed by atoms with Crippen LogP contribution in [0.4, 0.5) is 4.39 Å². The number of nitrogens with zero attached hydrogens (tertiary/aromatic N) is 1. The average Bonchev–Trinajstić information content (AvgIpc) is 2.29. The molecule has 0 bridgehead atoms. The molecule has 3 heteroatoms. The van der Waals surface area contributed by atoms with Crippen molar-refractivity contribution in [3.8, 4) is 5.75 Å². The van der Waals surface area contributed by atoms with Crippen LogP contribution < -0.4 is 4.74 Å². The van der Waals surface area contributed by atoms with Crippen LogP contribution in [-0.4, -0.2) is 32.1 Å². The molecule has 0 atom stereocenters. The maximum atomic E-state index is 13.5. The fraction of sp³-hybridized carbons (Fsp3) is 0.385. The summed E-state index contributed by atoms with van der Waals surface area (Å²) < 4.78 is 18.4. The summed E-state index contributed by atoms with van der Waals surface area (Å²) in [6.07, 6.45) is 3.21. The summed E-state index contributed by atoms with van der Waals surface area (Å²) in [5.74, 6) is 0.00244. The number of halogens is 1. The lowest BCUT2D eigenvalue weighted by Gasteiger charge is -2.23. The van der Waals surface area contributed by atoms with Crippen LogP contribution in [0.3, 0.4) is 0 Å². The summed E-state index contributed by atoms with van der Waals surface area (Å²) in [4.78, 5) is 2.23. The van der Waals surface area contributed by atoms with E-state index >= 15 is 0 Å². The van der Waals surface area contributed by atoms with Crippen molar-refractivity contribution in [1.29, 1.82) is 0 Å². The molecule has 1 aliphatic rings. The van der Waals surface area contributed by atoms with Gasteiger partial charge >= 0.3 is 0 Å². The minimum absolute atomic E-state index is 0.297. The summed E-state index contributed by atoms with van der Waals surface area (Å²) in [6, 6.07) is 5.14. The molecule has 0 fully saturated rings. The van der Waals surface area contributed by atoms with Gasteiger partial charge in [-0.2, -0.15) is 0 Å². The molecule has 2 rings (SSSR count). The lowest BCUT2D eigenvalue weighted by atomic mass is 10.0. The third kappa shape index (κ3) is 2.25. The Bertz CT molecular complexity index is 414. The molecular weight excluding hydrogens is 205 g/mol. The van der Waals surface area contributed by atoms with Gasteiger partial charge in [0.15, 0.2) is 11.6 Å². The molecule has 16 heavy (non-hydrogen) atoms. The highest BCUT2D eigenvalue weighted by molar-refractivity contribution is 5.68. The number of likely N-dealkylation sites (N-methyl/N-ethyl adjacent to an activating group) is 1. The summed E-state index contributed by atoms with van der Waals surface area (Å²) in [5, 5.41) is 0. The van der Waals surface area contributed by atoms with E-state index in [1.165, 1.54) is 12.7 Å². The van der Waals surface area contributed by atoms with Gasteiger partial charge in [0.05, 0.1) is 7.11 Å². The van der Waals surface area contributed by atoms with E-state index in [0.29, 0.717) is 5.75 Å². The Morgan fingerprint density at radius 1 is 1.38 bits per heavy atom. The van der Waals surface area contributed by atoms with Gasteiger partial charge in [0.1, 0.15) is 0 Å². The molecule has 0 saturated heterocycles. The molecule has 1 heterocycles. The Morgan fingerprint density at radius 2 is 2.19 bits per heavy atom. The van der Waals surface area contributed by atoms with Crippen LogP contribution in [0.25, 0.3) is 5.57 Å². The second-order valence-electron chi connectivity index (χ2n) is 4.11. The number of methoxy groups -OCH3 is 1. The Hall–Kier alpha value is -1.35. The highest BCUT2D eigenvalue weighted by Gasteiger charge is 2.12. The second kappa shape index (κ2) is 4.66. The van der Waals surface area contributed by atoms with Crippen LogP contribution in [-0.2, 0) is 0 Å². The highest BCUT2D eigenvalue weighted by Crippen LogP contribution is 2.24. The molecule has 1 aromatic rings. The first-order valence-corrected chi connectivity index (χ1v) is 5.42. The first-order valence-electron chi connectivity index (χ1n) is 5.42. The minimum Gasteiger partial charge on any atom is -0.494 e. The lowest BCUT2D eigenvalue weighted by molar-refractivity contribution is 0.372. The molecule has 0 radical (unpaired) electrons. The van der Waals surface area contributed by atoms with Crippen LogP contribution in [0, 0.1) is 5.82 Å². The number of hydrogen-bond donors (Lipinski definition) is 0. The summed E-state index contributed by atoms with van der Waals surface area (Å²) in [5.41, 5.74) is 2.14. The Morgan fingerprint density at radius 3 is 2.81 bits per heavy atom. The first kappa shape index (κ1) is 11.1. The smallest absolute Gasteiger partial charge is 0.165 e. The van der Waals surface area contributed by atoms with Crippen molar-refractivity contribution >= 4 is 5.57 Å². The zero-order chi connectivity index (χ0) is 11.5. The van der Waals surface area contributed by atoms with E-state index in [2.05, 4.69) is 18.0 Å². The van der Waals surface area contributed by atoms with Gasteiger partial charge in [-0.05, 0) is 36.7 Å². The highest BCUT2D eigenvalue weighted by atomic mass is 19.1. The van der Waals surface area contributed by atoms with Crippen molar-refractivity contribution in [2.24, 2.45) is 0 Å². The molecule has 0 amide bonds.